The molecule has 0 spiro atoms. The minimum Gasteiger partial charge on any atom is -0.507 e. The number of aryl methyl sites for hydroxylation is 1. The summed E-state index contributed by atoms with van der Waals surface area (Å²) in [6, 6.07) is 22.8. The number of halogens is 1. The number of fused-ring (bicyclic) bond motifs is 1. The molecule has 1 atom stereocenters. The van der Waals surface area contributed by atoms with Crippen LogP contribution in [0.2, 0.25) is 0 Å². The lowest BCUT2D eigenvalue weighted by atomic mass is 9.75. The number of nitrogens with one attached hydrogen (secondary N) is 1. The summed E-state index contributed by atoms with van der Waals surface area (Å²) < 4.78 is 18.7. The van der Waals surface area contributed by atoms with Crippen molar-refractivity contribution in [3.8, 4) is 17.0 Å². The highest BCUT2D eigenvalue weighted by Crippen LogP contribution is 2.40. The fraction of sp³-hybridized carbons (Fsp3) is 0.426. The second-order valence-electron chi connectivity index (χ2n) is 17.8. The van der Waals surface area contributed by atoms with Gasteiger partial charge in [0.05, 0.1) is 11.4 Å². The van der Waals surface area contributed by atoms with E-state index in [0.29, 0.717) is 68.2 Å². The summed E-state index contributed by atoms with van der Waals surface area (Å²) in [5, 5.41) is 22.4. The van der Waals surface area contributed by atoms with Crippen molar-refractivity contribution in [1.29, 1.82) is 0 Å². The fourth-order valence-corrected chi connectivity index (χ4v) is 10.1. The summed E-state index contributed by atoms with van der Waals surface area (Å²) in [5.74, 6) is 0.166. The first-order chi connectivity index (χ1) is 29.4. The van der Waals surface area contributed by atoms with Gasteiger partial charge in [-0.25, -0.2) is 9.18 Å². The Bertz CT molecular complexity index is 2470. The monoisotopic (exact) mass is 827 g/mol. The number of aromatic nitrogens is 3. The molecule has 4 aliphatic heterocycles. The number of phenolic OH excluding ortho intramolecular Hbond substituents is 1. The van der Waals surface area contributed by atoms with Crippen LogP contribution in [0.5, 0.6) is 5.75 Å². The molecule has 4 fully saturated rings. The van der Waals surface area contributed by atoms with Gasteiger partial charge in [0.1, 0.15) is 11.4 Å². The molecule has 0 bridgehead atoms. The molecule has 14 heteroatoms. The van der Waals surface area contributed by atoms with Crippen molar-refractivity contribution >= 4 is 45.9 Å². The Balaban J connectivity index is 0.779. The number of benzene rings is 3. The number of hydrogen-bond acceptors (Lipinski definition) is 9. The molecule has 61 heavy (non-hydrogen) atoms. The first kappa shape index (κ1) is 40.4. The van der Waals surface area contributed by atoms with Gasteiger partial charge in [-0.3, -0.25) is 19.8 Å². The van der Waals surface area contributed by atoms with Gasteiger partial charge in [0.25, 0.3) is 5.91 Å². The van der Waals surface area contributed by atoms with E-state index < -0.39 is 5.67 Å². The number of nitrogens with two attached hydrogens (primary N) is 1. The summed E-state index contributed by atoms with van der Waals surface area (Å²) in [7, 11) is 0. The number of aromatic hydroxyl groups is 1. The summed E-state index contributed by atoms with van der Waals surface area (Å²) in [5.41, 5.74) is 11.5. The van der Waals surface area contributed by atoms with E-state index in [1.807, 2.05) is 42.5 Å². The maximum absolute atomic E-state index is 16.4. The van der Waals surface area contributed by atoms with Crippen molar-refractivity contribution in [2.45, 2.75) is 75.9 Å². The Morgan fingerprint density at radius 2 is 1.69 bits per heavy atom. The van der Waals surface area contributed by atoms with Gasteiger partial charge in [-0.15, -0.1) is 10.2 Å². The number of rotatable bonds is 8. The van der Waals surface area contributed by atoms with Gasteiger partial charge < -0.3 is 30.1 Å². The molecule has 13 nitrogen and oxygen atoms in total. The number of phenols is 1. The highest BCUT2D eigenvalue weighted by Gasteiger charge is 2.39. The molecule has 2 aromatic heterocycles. The summed E-state index contributed by atoms with van der Waals surface area (Å²) in [4.78, 5) is 45.7. The van der Waals surface area contributed by atoms with Crippen LogP contribution in [0, 0.1) is 6.92 Å². The van der Waals surface area contributed by atoms with E-state index in [0.717, 1.165) is 78.7 Å². The second-order valence-corrected chi connectivity index (χ2v) is 17.8. The van der Waals surface area contributed by atoms with Gasteiger partial charge in [0.15, 0.2) is 5.82 Å². The first-order valence-electron chi connectivity index (χ1n) is 21.6. The van der Waals surface area contributed by atoms with Crippen molar-refractivity contribution in [2.75, 3.05) is 67.9 Å². The highest BCUT2D eigenvalue weighted by molar-refractivity contribution is 6.06. The van der Waals surface area contributed by atoms with Crippen LogP contribution in [0.3, 0.4) is 0 Å². The Kier molecular flexibility index (Phi) is 10.7. The number of likely N-dealkylation sites (tertiary alicyclic amines) is 2. The van der Waals surface area contributed by atoms with Crippen LogP contribution in [0.15, 0.2) is 79.0 Å². The van der Waals surface area contributed by atoms with Crippen molar-refractivity contribution in [1.82, 2.24) is 29.9 Å². The van der Waals surface area contributed by atoms with E-state index in [9.17, 15) is 19.5 Å². The lowest BCUT2D eigenvalue weighted by Crippen LogP contribution is -2.51. The maximum Gasteiger partial charge on any atom is 0.328 e. The SMILES string of the molecule is Cc1cn(C2CCN(CC3(F)CCN(C(=O)c4ccc([C@]5(C)CCCN(c6cc(-c7ccccc7O)nnc6N)C5)cc4)CC3)CC2)c2ccc(N3CCC(=O)NC3=O)cc12. The van der Waals surface area contributed by atoms with Crippen LogP contribution >= 0.6 is 0 Å². The minimum atomic E-state index is -1.34. The normalized spacial score (nSPS) is 21.5. The third-order valence-electron chi connectivity index (χ3n) is 13.6. The highest BCUT2D eigenvalue weighted by atomic mass is 19.1. The van der Waals surface area contributed by atoms with Crippen LogP contribution in [0.1, 0.15) is 79.4 Å². The van der Waals surface area contributed by atoms with Gasteiger partial charge in [-0.1, -0.05) is 31.2 Å². The third-order valence-corrected chi connectivity index (χ3v) is 13.6. The van der Waals surface area contributed by atoms with Gasteiger partial charge in [-0.05, 0) is 92.3 Å². The molecule has 5 aromatic rings. The summed E-state index contributed by atoms with van der Waals surface area (Å²) in [6.07, 6.45) is 6.83. The topological polar surface area (TPSA) is 153 Å². The van der Waals surface area contributed by atoms with E-state index >= 15 is 4.39 Å². The van der Waals surface area contributed by atoms with Gasteiger partial charge in [0, 0.05) is 117 Å². The number of carbonyl (C=O) groups is 3. The van der Waals surface area contributed by atoms with E-state index in [2.05, 4.69) is 68.1 Å². The maximum atomic E-state index is 16.4. The predicted octanol–water partition coefficient (Wildman–Crippen LogP) is 6.98. The molecule has 0 unspecified atom stereocenters. The Labute approximate surface area is 355 Å². The lowest BCUT2D eigenvalue weighted by Gasteiger charge is -2.42. The molecule has 318 valence electrons. The zero-order chi connectivity index (χ0) is 42.5. The summed E-state index contributed by atoms with van der Waals surface area (Å²) >= 11 is 0. The molecule has 4 saturated heterocycles. The molecular formula is C47H54FN9O4. The molecule has 0 radical (unpaired) electrons. The van der Waals surface area contributed by atoms with Gasteiger partial charge in [0.2, 0.25) is 5.91 Å². The molecule has 9 rings (SSSR count). The minimum absolute atomic E-state index is 0.0622. The number of alkyl halides is 1. The average Bonchev–Trinajstić information content (AvgIpc) is 3.59. The molecule has 4 aliphatic rings. The number of anilines is 3. The number of para-hydroxylation sites is 1. The predicted molar refractivity (Wildman–Crippen MR) is 235 cm³/mol. The molecule has 4 N–H and O–H groups in total. The molecule has 4 amide bonds. The second kappa shape index (κ2) is 16.1. The van der Waals surface area contributed by atoms with E-state index in [1.54, 1.807) is 21.9 Å². The van der Waals surface area contributed by atoms with Gasteiger partial charge in [-0.2, -0.15) is 0 Å². The number of imide groups is 1. The summed E-state index contributed by atoms with van der Waals surface area (Å²) in [6.45, 7) is 8.94. The van der Waals surface area contributed by atoms with E-state index in [1.165, 1.54) is 0 Å². The number of amides is 4. The van der Waals surface area contributed by atoms with Crippen LogP contribution in [-0.4, -0.2) is 106 Å². The number of nitrogens with zero attached hydrogens (tertiary/aromatic N) is 7. The van der Waals surface area contributed by atoms with Crippen LogP contribution < -0.4 is 20.9 Å². The largest absolute Gasteiger partial charge is 0.507 e. The number of carbonyl (C=O) groups excluding carboxylic acids is 3. The number of urea groups is 1. The van der Waals surface area contributed by atoms with Crippen molar-refractivity contribution < 1.29 is 23.9 Å². The lowest BCUT2D eigenvalue weighted by molar-refractivity contribution is -0.120. The standard InChI is InChI=1S/C47H54FN9O4/c1-31-28-57(39-13-12-35(26-37(31)39)56-23-16-42(59)50-45(56)61)34-14-21-53(22-15-34)30-47(48)18-24-54(25-19-47)44(60)32-8-10-33(11-9-32)46(2)17-5-20-55(29-46)40-27-38(51-52-43(40)49)36-6-3-4-7-41(36)58/h3-4,6-13,26-28,34,58H,5,14-25,29-30H2,1-2H3,(H2,49,52)(H,50,59,61)/t46-/m1/s1. The van der Waals surface area contributed by atoms with Crippen LogP contribution in [0.25, 0.3) is 22.2 Å². The molecule has 3 aromatic carbocycles. The van der Waals surface area contributed by atoms with Gasteiger partial charge >= 0.3 is 6.03 Å². The molecular weight excluding hydrogens is 774 g/mol. The third kappa shape index (κ3) is 8.01. The number of piperidine rings is 3. The average molecular weight is 828 g/mol. The Morgan fingerprint density at radius 3 is 2.43 bits per heavy atom. The molecule has 6 heterocycles. The van der Waals surface area contributed by atoms with Crippen molar-refractivity contribution in [3.63, 3.8) is 0 Å². The van der Waals surface area contributed by atoms with E-state index in [-0.39, 0.29) is 41.5 Å². The van der Waals surface area contributed by atoms with E-state index in [4.69, 9.17) is 5.73 Å². The Hall–Kier alpha value is -6.02. The molecule has 0 aliphatic carbocycles. The zero-order valence-electron chi connectivity index (χ0n) is 34.9. The van der Waals surface area contributed by atoms with Crippen molar-refractivity contribution in [2.24, 2.45) is 0 Å². The Morgan fingerprint density at radius 1 is 0.934 bits per heavy atom. The van der Waals surface area contributed by atoms with Crippen LogP contribution in [0.4, 0.5) is 26.4 Å². The zero-order valence-corrected chi connectivity index (χ0v) is 34.9. The fourth-order valence-electron chi connectivity index (χ4n) is 10.1. The number of hydrogen-bond donors (Lipinski definition) is 3. The first-order valence-corrected chi connectivity index (χ1v) is 21.6. The van der Waals surface area contributed by atoms with Crippen molar-refractivity contribution in [3.05, 3.63) is 95.7 Å². The smallest absolute Gasteiger partial charge is 0.328 e. The molecule has 0 saturated carbocycles. The number of nitrogen functional groups attached to an aromatic ring is 1. The van der Waals surface area contributed by atoms with Crippen LogP contribution in [-0.2, 0) is 10.2 Å². The quantitative estimate of drug-likeness (QED) is 0.150.